The maximum Gasteiger partial charge on any atom is 0.0617 e. The van der Waals surface area contributed by atoms with E-state index in [2.05, 4.69) is 39.5 Å². The van der Waals surface area contributed by atoms with Crippen LogP contribution in [0.15, 0.2) is 0 Å². The monoisotopic (exact) mass is 213 g/mol. The van der Waals surface area contributed by atoms with Crippen molar-refractivity contribution in [3.8, 4) is 0 Å². The molecule has 2 heteroatoms. The van der Waals surface area contributed by atoms with Crippen molar-refractivity contribution in [1.82, 2.24) is 4.90 Å². The molecule has 2 nitrogen and oxygen atoms in total. The van der Waals surface area contributed by atoms with E-state index in [4.69, 9.17) is 0 Å². The van der Waals surface area contributed by atoms with Crippen LogP contribution < -0.4 is 0 Å². The Kier molecular flexibility index (Phi) is 4.19. The molecule has 0 aromatic carbocycles. The molecule has 1 aliphatic rings. The zero-order valence-electron chi connectivity index (χ0n) is 11.0. The molecule has 0 spiro atoms. The van der Waals surface area contributed by atoms with Crippen molar-refractivity contribution in [1.29, 1.82) is 0 Å². The van der Waals surface area contributed by atoms with Gasteiger partial charge in [-0.2, -0.15) is 0 Å². The third kappa shape index (κ3) is 3.46. The van der Waals surface area contributed by atoms with Gasteiger partial charge in [0.15, 0.2) is 0 Å². The Morgan fingerprint density at radius 3 is 1.93 bits per heavy atom. The average molecular weight is 213 g/mol. The fourth-order valence-electron chi connectivity index (χ4n) is 2.46. The lowest BCUT2D eigenvalue weighted by Gasteiger charge is -2.40. The van der Waals surface area contributed by atoms with E-state index >= 15 is 0 Å². The van der Waals surface area contributed by atoms with Gasteiger partial charge in [0.25, 0.3) is 0 Å². The molecule has 1 unspecified atom stereocenters. The third-order valence-electron chi connectivity index (χ3n) is 3.64. The Bertz CT molecular complexity index is 187. The molecule has 1 rings (SSSR count). The van der Waals surface area contributed by atoms with Crippen LogP contribution in [-0.4, -0.2) is 35.2 Å². The van der Waals surface area contributed by atoms with E-state index in [1.807, 2.05) is 0 Å². The lowest BCUT2D eigenvalue weighted by Crippen LogP contribution is -2.44. The predicted octanol–water partition coefficient (Wildman–Crippen LogP) is 2.51. The lowest BCUT2D eigenvalue weighted by molar-refractivity contribution is -0.0168. The Morgan fingerprint density at radius 1 is 1.13 bits per heavy atom. The summed E-state index contributed by atoms with van der Waals surface area (Å²) >= 11 is 0. The molecule has 0 saturated carbocycles. The summed E-state index contributed by atoms with van der Waals surface area (Å²) in [6.07, 6.45) is 2.15. The van der Waals surface area contributed by atoms with Crippen molar-refractivity contribution in [2.45, 2.75) is 59.6 Å². The number of nitrogens with zero attached hydrogens (tertiary/aromatic N) is 1. The van der Waals surface area contributed by atoms with Crippen LogP contribution in [0.3, 0.4) is 0 Å². The highest BCUT2D eigenvalue weighted by Crippen LogP contribution is 2.31. The average Bonchev–Trinajstić information content (AvgIpc) is 2.15. The first-order chi connectivity index (χ1) is 6.82. The standard InChI is InChI=1S/C13H27NO/c1-10(2)14-8-6-11(7-9-14)12(15)13(3,4)5/h10-12,15H,6-9H2,1-5H3. The summed E-state index contributed by atoms with van der Waals surface area (Å²) in [6.45, 7) is 13.2. The van der Waals surface area contributed by atoms with Crippen molar-refractivity contribution >= 4 is 0 Å². The first-order valence-electron chi connectivity index (χ1n) is 6.24. The summed E-state index contributed by atoms with van der Waals surface area (Å²) in [5.74, 6) is 0.500. The number of aliphatic hydroxyl groups excluding tert-OH is 1. The molecule has 0 aliphatic carbocycles. The molecule has 0 amide bonds. The van der Waals surface area contributed by atoms with Gasteiger partial charge in [-0.15, -0.1) is 0 Å². The van der Waals surface area contributed by atoms with E-state index in [-0.39, 0.29) is 11.5 Å². The highest BCUT2D eigenvalue weighted by atomic mass is 16.3. The van der Waals surface area contributed by atoms with Gasteiger partial charge in [0.05, 0.1) is 6.10 Å². The van der Waals surface area contributed by atoms with Crippen molar-refractivity contribution in [2.24, 2.45) is 11.3 Å². The van der Waals surface area contributed by atoms with Gasteiger partial charge in [-0.25, -0.2) is 0 Å². The van der Waals surface area contributed by atoms with Crippen LogP contribution >= 0.6 is 0 Å². The van der Waals surface area contributed by atoms with Crippen LogP contribution in [-0.2, 0) is 0 Å². The molecule has 0 aromatic rings. The zero-order chi connectivity index (χ0) is 11.6. The Hall–Kier alpha value is -0.0800. The Labute approximate surface area is 94.7 Å². The molecule has 1 saturated heterocycles. The third-order valence-corrected chi connectivity index (χ3v) is 3.64. The van der Waals surface area contributed by atoms with Gasteiger partial charge >= 0.3 is 0 Å². The smallest absolute Gasteiger partial charge is 0.0617 e. The summed E-state index contributed by atoms with van der Waals surface area (Å²) in [4.78, 5) is 2.51. The second-order valence-corrected chi connectivity index (χ2v) is 6.28. The second kappa shape index (κ2) is 4.84. The van der Waals surface area contributed by atoms with Gasteiger partial charge in [-0.05, 0) is 51.1 Å². The van der Waals surface area contributed by atoms with Crippen LogP contribution in [0.25, 0.3) is 0 Å². The molecule has 1 aliphatic heterocycles. The molecule has 1 atom stereocenters. The number of rotatable bonds is 2. The van der Waals surface area contributed by atoms with E-state index in [9.17, 15) is 5.11 Å². The zero-order valence-corrected chi connectivity index (χ0v) is 11.0. The van der Waals surface area contributed by atoms with E-state index in [1.54, 1.807) is 0 Å². The molecule has 15 heavy (non-hydrogen) atoms. The van der Waals surface area contributed by atoms with E-state index in [0.29, 0.717) is 12.0 Å². The maximum atomic E-state index is 10.2. The topological polar surface area (TPSA) is 23.5 Å². The van der Waals surface area contributed by atoms with Crippen LogP contribution in [0.5, 0.6) is 0 Å². The van der Waals surface area contributed by atoms with Gasteiger partial charge in [-0.1, -0.05) is 20.8 Å². The van der Waals surface area contributed by atoms with Gasteiger partial charge in [-0.3, -0.25) is 0 Å². The van der Waals surface area contributed by atoms with Crippen molar-refractivity contribution in [3.05, 3.63) is 0 Å². The molecule has 0 aromatic heterocycles. The molecule has 0 radical (unpaired) electrons. The molecule has 0 bridgehead atoms. The van der Waals surface area contributed by atoms with Crippen LogP contribution in [0.2, 0.25) is 0 Å². The Morgan fingerprint density at radius 2 is 1.60 bits per heavy atom. The van der Waals surface area contributed by atoms with E-state index in [1.165, 1.54) is 0 Å². The SMILES string of the molecule is CC(C)N1CCC(C(O)C(C)(C)C)CC1. The molecule has 1 N–H and O–H groups in total. The predicted molar refractivity (Wildman–Crippen MR) is 64.9 cm³/mol. The van der Waals surface area contributed by atoms with Crippen molar-refractivity contribution < 1.29 is 5.11 Å². The molecular weight excluding hydrogens is 186 g/mol. The van der Waals surface area contributed by atoms with Crippen LogP contribution in [0, 0.1) is 11.3 Å². The van der Waals surface area contributed by atoms with Crippen molar-refractivity contribution in [3.63, 3.8) is 0 Å². The molecule has 1 heterocycles. The quantitative estimate of drug-likeness (QED) is 0.762. The van der Waals surface area contributed by atoms with Crippen molar-refractivity contribution in [2.75, 3.05) is 13.1 Å². The molecule has 1 fully saturated rings. The minimum absolute atomic E-state index is 0.0324. The summed E-state index contributed by atoms with van der Waals surface area (Å²) in [7, 11) is 0. The van der Waals surface area contributed by atoms with E-state index in [0.717, 1.165) is 25.9 Å². The van der Waals surface area contributed by atoms with Gasteiger partial charge < -0.3 is 10.0 Å². The normalized spacial score (nSPS) is 23.4. The Balaban J connectivity index is 2.44. The summed E-state index contributed by atoms with van der Waals surface area (Å²) in [5, 5.41) is 10.2. The van der Waals surface area contributed by atoms with Gasteiger partial charge in [0.1, 0.15) is 0 Å². The fraction of sp³-hybridized carbons (Fsp3) is 1.00. The minimum Gasteiger partial charge on any atom is -0.392 e. The maximum absolute atomic E-state index is 10.2. The first-order valence-corrected chi connectivity index (χ1v) is 6.24. The summed E-state index contributed by atoms with van der Waals surface area (Å²) in [6, 6.07) is 0.651. The van der Waals surface area contributed by atoms with Crippen LogP contribution in [0.1, 0.15) is 47.5 Å². The van der Waals surface area contributed by atoms with Gasteiger partial charge in [0.2, 0.25) is 0 Å². The number of hydrogen-bond acceptors (Lipinski definition) is 2. The highest BCUT2D eigenvalue weighted by Gasteiger charge is 2.32. The molecule has 90 valence electrons. The number of likely N-dealkylation sites (tertiary alicyclic amines) is 1. The fourth-order valence-corrected chi connectivity index (χ4v) is 2.46. The number of hydrogen-bond donors (Lipinski definition) is 1. The largest absolute Gasteiger partial charge is 0.392 e. The van der Waals surface area contributed by atoms with Crippen LogP contribution in [0.4, 0.5) is 0 Å². The summed E-state index contributed by atoms with van der Waals surface area (Å²) < 4.78 is 0. The highest BCUT2D eigenvalue weighted by molar-refractivity contribution is 4.84. The number of aliphatic hydroxyl groups is 1. The van der Waals surface area contributed by atoms with E-state index < -0.39 is 0 Å². The number of piperidine rings is 1. The first kappa shape index (κ1) is 13.0. The molecular formula is C13H27NO. The minimum atomic E-state index is -0.146. The lowest BCUT2D eigenvalue weighted by atomic mass is 9.77. The second-order valence-electron chi connectivity index (χ2n) is 6.28. The van der Waals surface area contributed by atoms with Gasteiger partial charge in [0, 0.05) is 6.04 Å². The summed E-state index contributed by atoms with van der Waals surface area (Å²) in [5.41, 5.74) is 0.0324.